The molecule has 0 aliphatic heterocycles. The van der Waals surface area contributed by atoms with Gasteiger partial charge in [-0.05, 0) is 68.8 Å². The number of benzene rings is 2. The number of nitrogens with zero attached hydrogens (tertiary/aromatic N) is 2. The number of rotatable bonds is 6. The van der Waals surface area contributed by atoms with Crippen molar-refractivity contribution in [2.24, 2.45) is 0 Å². The molecule has 0 spiro atoms. The van der Waals surface area contributed by atoms with E-state index >= 15 is 0 Å². The number of anilines is 1. The maximum atomic E-state index is 13.3. The highest BCUT2D eigenvalue weighted by molar-refractivity contribution is 6.05. The van der Waals surface area contributed by atoms with Crippen LogP contribution in [0.15, 0.2) is 53.1 Å². The van der Waals surface area contributed by atoms with Crippen molar-refractivity contribution in [3.8, 4) is 17.0 Å². The lowest BCUT2D eigenvalue weighted by molar-refractivity contribution is -0.123. The number of aromatic nitrogens is 2. The van der Waals surface area contributed by atoms with Crippen molar-refractivity contribution < 1.29 is 28.0 Å². The van der Waals surface area contributed by atoms with Crippen LogP contribution < -0.4 is 10.1 Å². The van der Waals surface area contributed by atoms with E-state index in [1.54, 1.807) is 19.1 Å². The monoisotopic (exact) mass is 463 g/mol. The molecule has 4 rings (SSSR count). The average molecular weight is 463 g/mol. The van der Waals surface area contributed by atoms with Gasteiger partial charge in [-0.3, -0.25) is 4.79 Å². The molecule has 9 heteroatoms. The molecule has 0 saturated heterocycles. The highest BCUT2D eigenvalue weighted by atomic mass is 19.1. The third-order valence-corrected chi connectivity index (χ3v) is 5.24. The molecule has 1 N–H and O–H groups in total. The van der Waals surface area contributed by atoms with Crippen LogP contribution in [0.3, 0.4) is 0 Å². The molecule has 2 aromatic carbocycles. The summed E-state index contributed by atoms with van der Waals surface area (Å²) in [7, 11) is 1.50. The van der Waals surface area contributed by atoms with E-state index < -0.39 is 23.8 Å². The van der Waals surface area contributed by atoms with E-state index in [-0.39, 0.29) is 11.3 Å². The SMILES string of the molecule is COc1ccc(C)cc1NC(=O)C(C)OC(=O)c1cc(-c2ccc(F)cc2)nc2onc(C)c12. The summed E-state index contributed by atoms with van der Waals surface area (Å²) < 4.78 is 29.3. The second kappa shape index (κ2) is 9.30. The molecule has 0 aliphatic carbocycles. The number of nitrogens with one attached hydrogen (secondary N) is 1. The lowest BCUT2D eigenvalue weighted by atomic mass is 10.1. The fraction of sp³-hybridized carbons (Fsp3) is 0.200. The minimum Gasteiger partial charge on any atom is -0.495 e. The Bertz CT molecular complexity index is 1380. The number of aryl methyl sites for hydroxylation is 2. The standard InChI is InChI=1S/C25H22FN3O5/c1-13-5-10-21(32-4)20(11-13)27-23(30)15(3)33-25(31)18-12-19(16-6-8-17(26)9-7-16)28-24-22(18)14(2)29-34-24/h5-12,15H,1-4H3,(H,27,30). The largest absolute Gasteiger partial charge is 0.495 e. The summed E-state index contributed by atoms with van der Waals surface area (Å²) >= 11 is 0. The van der Waals surface area contributed by atoms with Gasteiger partial charge in [0.1, 0.15) is 11.6 Å². The predicted molar refractivity (Wildman–Crippen MR) is 123 cm³/mol. The van der Waals surface area contributed by atoms with Gasteiger partial charge in [-0.1, -0.05) is 11.2 Å². The van der Waals surface area contributed by atoms with E-state index in [0.29, 0.717) is 33.8 Å². The van der Waals surface area contributed by atoms with Gasteiger partial charge in [0.2, 0.25) is 0 Å². The number of halogens is 1. The highest BCUT2D eigenvalue weighted by Gasteiger charge is 2.25. The van der Waals surface area contributed by atoms with E-state index in [4.69, 9.17) is 14.0 Å². The normalized spacial score (nSPS) is 11.8. The highest BCUT2D eigenvalue weighted by Crippen LogP contribution is 2.29. The van der Waals surface area contributed by atoms with E-state index in [1.165, 1.54) is 44.4 Å². The maximum Gasteiger partial charge on any atom is 0.339 e. The molecule has 0 radical (unpaired) electrons. The average Bonchev–Trinajstić information content (AvgIpc) is 3.19. The Morgan fingerprint density at radius 3 is 2.53 bits per heavy atom. The Hall–Kier alpha value is -4.27. The zero-order chi connectivity index (χ0) is 24.4. The van der Waals surface area contributed by atoms with Crippen molar-refractivity contribution in [1.29, 1.82) is 0 Å². The summed E-state index contributed by atoms with van der Waals surface area (Å²) in [6, 6.07) is 12.5. The Kier molecular flexibility index (Phi) is 6.27. The Balaban J connectivity index is 1.61. The summed E-state index contributed by atoms with van der Waals surface area (Å²) in [4.78, 5) is 30.2. The van der Waals surface area contributed by atoms with Crippen molar-refractivity contribution >= 4 is 28.7 Å². The smallest absolute Gasteiger partial charge is 0.339 e. The van der Waals surface area contributed by atoms with E-state index in [0.717, 1.165) is 5.56 Å². The Morgan fingerprint density at radius 1 is 1.09 bits per heavy atom. The summed E-state index contributed by atoms with van der Waals surface area (Å²) in [5.74, 6) is -1.19. The summed E-state index contributed by atoms with van der Waals surface area (Å²) in [5, 5.41) is 6.99. The van der Waals surface area contributed by atoms with Crippen LogP contribution in [0.1, 0.15) is 28.5 Å². The quantitative estimate of drug-likeness (QED) is 0.408. The van der Waals surface area contributed by atoms with Crippen LogP contribution in [-0.4, -0.2) is 35.2 Å². The Labute approximate surface area is 194 Å². The van der Waals surface area contributed by atoms with Crippen LogP contribution in [0, 0.1) is 19.7 Å². The first-order valence-electron chi connectivity index (χ1n) is 10.5. The Morgan fingerprint density at radius 2 is 1.82 bits per heavy atom. The molecule has 0 aliphatic rings. The van der Waals surface area contributed by atoms with E-state index in [9.17, 15) is 14.0 Å². The van der Waals surface area contributed by atoms with Gasteiger partial charge >= 0.3 is 5.97 Å². The molecule has 174 valence electrons. The number of fused-ring (bicyclic) bond motifs is 1. The number of esters is 1. The van der Waals surface area contributed by atoms with Gasteiger partial charge in [-0.25, -0.2) is 14.2 Å². The van der Waals surface area contributed by atoms with Crippen molar-refractivity contribution in [2.75, 3.05) is 12.4 Å². The number of hydrogen-bond donors (Lipinski definition) is 1. The lowest BCUT2D eigenvalue weighted by Gasteiger charge is -2.16. The van der Waals surface area contributed by atoms with Crippen LogP contribution in [0.25, 0.3) is 22.4 Å². The summed E-state index contributed by atoms with van der Waals surface area (Å²) in [6.07, 6.45) is -1.12. The van der Waals surface area contributed by atoms with E-state index in [1.807, 2.05) is 13.0 Å². The second-order valence-corrected chi connectivity index (χ2v) is 7.75. The van der Waals surface area contributed by atoms with Gasteiger partial charge in [-0.15, -0.1) is 0 Å². The minimum absolute atomic E-state index is 0.132. The maximum absolute atomic E-state index is 13.3. The molecule has 1 unspecified atom stereocenters. The number of carbonyl (C=O) groups is 2. The first kappa shape index (κ1) is 22.9. The van der Waals surface area contributed by atoms with Crippen LogP contribution in [0.2, 0.25) is 0 Å². The van der Waals surface area contributed by atoms with E-state index in [2.05, 4.69) is 15.5 Å². The van der Waals surface area contributed by atoms with Crippen molar-refractivity contribution in [2.45, 2.75) is 26.9 Å². The van der Waals surface area contributed by atoms with Gasteiger partial charge in [0.15, 0.2) is 6.10 Å². The van der Waals surface area contributed by atoms with Gasteiger partial charge in [0.05, 0.1) is 35.1 Å². The van der Waals surface area contributed by atoms with Crippen molar-refractivity contribution in [3.63, 3.8) is 0 Å². The zero-order valence-corrected chi connectivity index (χ0v) is 19.0. The molecule has 0 saturated carbocycles. The van der Waals surface area contributed by atoms with Gasteiger partial charge in [0, 0.05) is 5.56 Å². The fourth-order valence-corrected chi connectivity index (χ4v) is 3.46. The molecule has 1 atom stereocenters. The number of hydrogen-bond acceptors (Lipinski definition) is 7. The van der Waals surface area contributed by atoms with Crippen LogP contribution in [0.4, 0.5) is 10.1 Å². The number of amides is 1. The van der Waals surface area contributed by atoms with Gasteiger partial charge < -0.3 is 19.3 Å². The molecule has 2 aromatic heterocycles. The van der Waals surface area contributed by atoms with Crippen molar-refractivity contribution in [3.05, 3.63) is 71.2 Å². The molecular weight excluding hydrogens is 441 g/mol. The third kappa shape index (κ3) is 4.59. The topological polar surface area (TPSA) is 104 Å². The second-order valence-electron chi connectivity index (χ2n) is 7.75. The van der Waals surface area contributed by atoms with Crippen LogP contribution in [-0.2, 0) is 9.53 Å². The predicted octanol–water partition coefficient (Wildman–Crippen LogP) is 4.84. The summed E-state index contributed by atoms with van der Waals surface area (Å²) in [6.45, 7) is 5.02. The number of methoxy groups -OCH3 is 1. The zero-order valence-electron chi connectivity index (χ0n) is 19.0. The summed E-state index contributed by atoms with van der Waals surface area (Å²) in [5.41, 5.74) is 3.05. The first-order chi connectivity index (χ1) is 16.3. The molecule has 8 nitrogen and oxygen atoms in total. The lowest BCUT2D eigenvalue weighted by Crippen LogP contribution is -2.30. The molecule has 34 heavy (non-hydrogen) atoms. The molecule has 0 bridgehead atoms. The van der Waals surface area contributed by atoms with Gasteiger partial charge in [-0.2, -0.15) is 0 Å². The van der Waals surface area contributed by atoms with Crippen molar-refractivity contribution in [1.82, 2.24) is 10.1 Å². The van der Waals surface area contributed by atoms with Crippen LogP contribution in [0.5, 0.6) is 5.75 Å². The first-order valence-corrected chi connectivity index (χ1v) is 10.5. The number of carbonyl (C=O) groups excluding carboxylic acids is 2. The minimum atomic E-state index is -1.12. The third-order valence-electron chi connectivity index (χ3n) is 5.24. The number of pyridine rings is 1. The number of ether oxygens (including phenoxy) is 2. The molecule has 4 aromatic rings. The molecule has 0 fully saturated rings. The van der Waals surface area contributed by atoms with Crippen LogP contribution >= 0.6 is 0 Å². The van der Waals surface area contributed by atoms with Gasteiger partial charge in [0.25, 0.3) is 11.6 Å². The molecule has 1 amide bonds. The molecule has 2 heterocycles. The fourth-order valence-electron chi connectivity index (χ4n) is 3.46. The molecular formula is C25H22FN3O5.